The van der Waals surface area contributed by atoms with E-state index in [4.69, 9.17) is 18.0 Å². The Kier molecular flexibility index (Phi) is 5.21. The van der Waals surface area contributed by atoms with Crippen molar-refractivity contribution in [2.75, 3.05) is 19.0 Å². The van der Waals surface area contributed by atoms with E-state index in [0.29, 0.717) is 0 Å². The van der Waals surface area contributed by atoms with Crippen LogP contribution in [0.4, 0.5) is 5.69 Å². The lowest BCUT2D eigenvalue weighted by atomic mass is 10.4. The molecule has 0 spiro atoms. The summed E-state index contributed by atoms with van der Waals surface area (Å²) in [5, 5.41) is 6.74. The normalized spacial score (nSPS) is 9.61. The maximum atomic E-state index is 11.9. The summed E-state index contributed by atoms with van der Waals surface area (Å²) in [4.78, 5) is 22.8. The molecule has 0 aliphatic heterocycles. The van der Waals surface area contributed by atoms with Gasteiger partial charge in [0.15, 0.2) is 0 Å². The number of nitrogens with one attached hydrogen (secondary N) is 1. The van der Waals surface area contributed by atoms with Gasteiger partial charge in [0.2, 0.25) is 0 Å². The molecule has 0 radical (unpaired) electrons. The Morgan fingerprint density at radius 1 is 1.72 bits per heavy atom. The standard InChI is InChI=1S/C11H12ClN3O3/c1-3-6-15-11(17)10(8(12)7-14-15)13-5-4-9(16)18-2/h1,7,13H,4-6H2,2H3. The predicted molar refractivity (Wildman–Crippen MR) is 67.5 cm³/mol. The van der Waals surface area contributed by atoms with E-state index in [-0.39, 0.29) is 36.2 Å². The molecule has 7 heteroatoms. The molecule has 6 nitrogen and oxygen atoms in total. The monoisotopic (exact) mass is 269 g/mol. The lowest BCUT2D eigenvalue weighted by Gasteiger charge is -2.08. The first-order valence-corrected chi connectivity index (χ1v) is 5.47. The zero-order valence-electron chi connectivity index (χ0n) is 9.77. The summed E-state index contributed by atoms with van der Waals surface area (Å²) in [5.41, 5.74) is -0.254. The second-order valence-electron chi connectivity index (χ2n) is 3.29. The minimum absolute atomic E-state index is 0.0572. The fourth-order valence-electron chi connectivity index (χ4n) is 1.22. The van der Waals surface area contributed by atoms with E-state index in [0.717, 1.165) is 4.68 Å². The van der Waals surface area contributed by atoms with Gasteiger partial charge >= 0.3 is 5.97 Å². The second kappa shape index (κ2) is 6.67. The maximum absolute atomic E-state index is 11.9. The Morgan fingerprint density at radius 2 is 2.44 bits per heavy atom. The molecule has 0 aromatic carbocycles. The topological polar surface area (TPSA) is 73.2 Å². The number of anilines is 1. The van der Waals surface area contributed by atoms with Gasteiger partial charge in [0.25, 0.3) is 5.56 Å². The molecule has 96 valence electrons. The number of hydrogen-bond donors (Lipinski definition) is 1. The van der Waals surface area contributed by atoms with Crippen molar-refractivity contribution < 1.29 is 9.53 Å². The molecule has 1 heterocycles. The zero-order chi connectivity index (χ0) is 13.5. The molecule has 18 heavy (non-hydrogen) atoms. The Hall–Kier alpha value is -2.00. The minimum atomic E-state index is -0.426. The van der Waals surface area contributed by atoms with Gasteiger partial charge in [-0.2, -0.15) is 5.10 Å². The van der Waals surface area contributed by atoms with Gasteiger partial charge in [0, 0.05) is 6.54 Å². The molecule has 0 amide bonds. The van der Waals surface area contributed by atoms with Gasteiger partial charge in [0.05, 0.1) is 24.8 Å². The summed E-state index contributed by atoms with van der Waals surface area (Å²) in [7, 11) is 1.29. The number of hydrogen-bond acceptors (Lipinski definition) is 5. The van der Waals surface area contributed by atoms with Gasteiger partial charge in [0.1, 0.15) is 12.2 Å². The van der Waals surface area contributed by atoms with Crippen LogP contribution >= 0.6 is 11.6 Å². The third-order valence-electron chi connectivity index (χ3n) is 2.10. The molecule has 0 aliphatic rings. The van der Waals surface area contributed by atoms with Crippen LogP contribution in [0, 0.1) is 12.3 Å². The number of ether oxygens (including phenoxy) is 1. The van der Waals surface area contributed by atoms with Crippen LogP contribution in [0.3, 0.4) is 0 Å². The molecule has 0 saturated heterocycles. The number of carbonyl (C=O) groups excluding carboxylic acids is 1. The molecule has 0 saturated carbocycles. The van der Waals surface area contributed by atoms with Crippen LogP contribution in [-0.4, -0.2) is 29.4 Å². The lowest BCUT2D eigenvalue weighted by Crippen LogP contribution is -2.26. The van der Waals surface area contributed by atoms with Crippen LogP contribution in [0.2, 0.25) is 5.02 Å². The summed E-state index contributed by atoms with van der Waals surface area (Å²) >= 11 is 5.84. The highest BCUT2D eigenvalue weighted by atomic mass is 35.5. The number of methoxy groups -OCH3 is 1. The van der Waals surface area contributed by atoms with Gasteiger partial charge in [-0.25, -0.2) is 4.68 Å². The van der Waals surface area contributed by atoms with Crippen molar-refractivity contribution in [3.8, 4) is 12.3 Å². The number of carbonyl (C=O) groups is 1. The number of aromatic nitrogens is 2. The molecule has 0 fully saturated rings. The van der Waals surface area contributed by atoms with Crippen LogP contribution in [0.25, 0.3) is 0 Å². The van der Waals surface area contributed by atoms with E-state index < -0.39 is 5.56 Å². The SMILES string of the molecule is C#CCn1ncc(Cl)c(NCCC(=O)OC)c1=O. The van der Waals surface area contributed by atoms with Crippen molar-refractivity contribution in [2.45, 2.75) is 13.0 Å². The van der Waals surface area contributed by atoms with Crippen LogP contribution in [0.5, 0.6) is 0 Å². The molecule has 1 N–H and O–H groups in total. The number of esters is 1. The highest BCUT2D eigenvalue weighted by Gasteiger charge is 2.09. The molecular weight excluding hydrogens is 258 g/mol. The molecular formula is C11H12ClN3O3. The Labute approximate surface area is 109 Å². The fraction of sp³-hybridized carbons (Fsp3) is 0.364. The van der Waals surface area contributed by atoms with Crippen LogP contribution in [0.1, 0.15) is 6.42 Å². The van der Waals surface area contributed by atoms with Crippen molar-refractivity contribution in [3.05, 3.63) is 21.6 Å². The van der Waals surface area contributed by atoms with Crippen molar-refractivity contribution in [2.24, 2.45) is 0 Å². The molecule has 1 aromatic rings. The molecule has 0 unspecified atom stereocenters. The van der Waals surface area contributed by atoms with Crippen molar-refractivity contribution >= 4 is 23.3 Å². The van der Waals surface area contributed by atoms with E-state index >= 15 is 0 Å². The smallest absolute Gasteiger partial charge is 0.307 e. The van der Waals surface area contributed by atoms with Crippen LogP contribution < -0.4 is 10.9 Å². The maximum Gasteiger partial charge on any atom is 0.307 e. The van der Waals surface area contributed by atoms with Crippen molar-refractivity contribution in [1.29, 1.82) is 0 Å². The Morgan fingerprint density at radius 3 is 3.06 bits per heavy atom. The average molecular weight is 270 g/mol. The summed E-state index contributed by atoms with van der Waals surface area (Å²) in [6.07, 6.45) is 6.56. The van der Waals surface area contributed by atoms with E-state index in [1.54, 1.807) is 0 Å². The molecule has 0 bridgehead atoms. The number of terminal acetylenes is 1. The quantitative estimate of drug-likeness (QED) is 0.623. The van der Waals surface area contributed by atoms with E-state index in [9.17, 15) is 9.59 Å². The van der Waals surface area contributed by atoms with Gasteiger partial charge in [-0.05, 0) is 0 Å². The van der Waals surface area contributed by atoms with Crippen molar-refractivity contribution in [1.82, 2.24) is 9.78 Å². The van der Waals surface area contributed by atoms with Crippen LogP contribution in [0.15, 0.2) is 11.0 Å². The molecule has 1 rings (SSSR count). The molecule has 1 aromatic heterocycles. The van der Waals surface area contributed by atoms with Crippen LogP contribution in [-0.2, 0) is 16.1 Å². The van der Waals surface area contributed by atoms with Gasteiger partial charge in [-0.15, -0.1) is 6.42 Å². The highest BCUT2D eigenvalue weighted by Crippen LogP contribution is 2.14. The second-order valence-corrected chi connectivity index (χ2v) is 3.69. The van der Waals surface area contributed by atoms with Gasteiger partial charge in [-0.3, -0.25) is 9.59 Å². The first-order chi connectivity index (χ1) is 8.60. The first-order valence-electron chi connectivity index (χ1n) is 5.10. The minimum Gasteiger partial charge on any atom is -0.469 e. The third-order valence-corrected chi connectivity index (χ3v) is 2.38. The van der Waals surface area contributed by atoms with E-state index in [1.165, 1.54) is 13.3 Å². The molecule has 0 aliphatic carbocycles. The summed E-state index contributed by atoms with van der Waals surface area (Å²) in [5.74, 6) is 1.93. The summed E-state index contributed by atoms with van der Waals surface area (Å²) in [6.45, 7) is 0.295. The predicted octanol–water partition coefficient (Wildman–Crippen LogP) is 0.505. The van der Waals surface area contributed by atoms with Gasteiger partial charge < -0.3 is 10.1 Å². The highest BCUT2D eigenvalue weighted by molar-refractivity contribution is 6.33. The van der Waals surface area contributed by atoms with Gasteiger partial charge in [-0.1, -0.05) is 17.5 Å². The molecule has 0 atom stereocenters. The Balaban J connectivity index is 2.82. The van der Waals surface area contributed by atoms with E-state index in [1.807, 2.05) is 0 Å². The number of nitrogens with zero attached hydrogens (tertiary/aromatic N) is 2. The third kappa shape index (κ3) is 3.50. The average Bonchev–Trinajstić information content (AvgIpc) is 2.36. The zero-order valence-corrected chi connectivity index (χ0v) is 10.5. The lowest BCUT2D eigenvalue weighted by molar-refractivity contribution is -0.140. The Bertz CT molecular complexity index is 533. The first kappa shape index (κ1) is 14.1. The van der Waals surface area contributed by atoms with Crippen molar-refractivity contribution in [3.63, 3.8) is 0 Å². The largest absolute Gasteiger partial charge is 0.469 e. The number of halogens is 1. The summed E-state index contributed by atoms with van der Waals surface area (Å²) < 4.78 is 5.58. The summed E-state index contributed by atoms with van der Waals surface area (Å²) in [6, 6.07) is 0. The number of rotatable bonds is 5. The van der Waals surface area contributed by atoms with E-state index in [2.05, 4.69) is 21.1 Å². The fourth-order valence-corrected chi connectivity index (χ4v) is 1.41.